The molecular weight excluding hydrogens is 268 g/mol. The van der Waals surface area contributed by atoms with Gasteiger partial charge in [0.1, 0.15) is 5.76 Å². The molecule has 0 bridgehead atoms. The Kier molecular flexibility index (Phi) is 4.01. The predicted octanol–water partition coefficient (Wildman–Crippen LogP) is 2.56. The van der Waals surface area contributed by atoms with Crippen LogP contribution < -0.4 is 0 Å². The summed E-state index contributed by atoms with van der Waals surface area (Å²) in [6.45, 7) is 1.49. The first-order chi connectivity index (χ1) is 10.3. The summed E-state index contributed by atoms with van der Waals surface area (Å²) >= 11 is 0. The van der Waals surface area contributed by atoms with E-state index in [4.69, 9.17) is 9.52 Å². The van der Waals surface area contributed by atoms with Crippen molar-refractivity contribution in [2.45, 2.75) is 18.9 Å². The van der Waals surface area contributed by atoms with Gasteiger partial charge in [0, 0.05) is 12.4 Å². The van der Waals surface area contributed by atoms with E-state index in [1.807, 2.05) is 30.5 Å². The first-order valence-electron chi connectivity index (χ1n) is 7.16. The molecule has 110 valence electrons. The molecule has 0 amide bonds. The van der Waals surface area contributed by atoms with Crippen molar-refractivity contribution in [1.29, 1.82) is 0 Å². The van der Waals surface area contributed by atoms with Crippen molar-refractivity contribution < 1.29 is 14.3 Å². The second-order valence-corrected chi connectivity index (χ2v) is 5.35. The number of rotatable bonds is 4. The lowest BCUT2D eigenvalue weighted by atomic mass is 9.94. The number of likely N-dealkylation sites (tertiary alicyclic amines) is 1. The van der Waals surface area contributed by atoms with Gasteiger partial charge in [-0.2, -0.15) is 0 Å². The van der Waals surface area contributed by atoms with Crippen molar-refractivity contribution in [2.75, 3.05) is 13.1 Å². The summed E-state index contributed by atoms with van der Waals surface area (Å²) in [5.41, 5.74) is 1.07. The van der Waals surface area contributed by atoms with Crippen LogP contribution in [0.2, 0.25) is 0 Å². The van der Waals surface area contributed by atoms with Crippen molar-refractivity contribution in [3.8, 4) is 0 Å². The quantitative estimate of drug-likeness (QED) is 0.935. The number of hydrogen-bond donors (Lipinski definition) is 1. The SMILES string of the molecule is O=C(O)C1CCN(C(c2cccnc2)c2ccco2)CC1. The van der Waals surface area contributed by atoms with Crippen LogP contribution >= 0.6 is 0 Å². The fourth-order valence-corrected chi connectivity index (χ4v) is 2.94. The minimum absolute atomic E-state index is 0.00319. The van der Waals surface area contributed by atoms with Gasteiger partial charge in [0.15, 0.2) is 0 Å². The van der Waals surface area contributed by atoms with Crippen LogP contribution in [-0.4, -0.2) is 34.0 Å². The van der Waals surface area contributed by atoms with Crippen molar-refractivity contribution in [2.24, 2.45) is 5.92 Å². The normalized spacial score (nSPS) is 18.5. The van der Waals surface area contributed by atoms with Gasteiger partial charge in [0.25, 0.3) is 0 Å². The summed E-state index contributed by atoms with van der Waals surface area (Å²) < 4.78 is 5.59. The number of hydrogen-bond acceptors (Lipinski definition) is 4. The van der Waals surface area contributed by atoms with Gasteiger partial charge in [-0.15, -0.1) is 0 Å². The van der Waals surface area contributed by atoms with Crippen LogP contribution in [-0.2, 0) is 4.79 Å². The van der Waals surface area contributed by atoms with E-state index in [0.717, 1.165) is 24.4 Å². The molecule has 2 aromatic rings. The van der Waals surface area contributed by atoms with Gasteiger partial charge in [-0.25, -0.2) is 0 Å². The largest absolute Gasteiger partial charge is 0.481 e. The molecule has 21 heavy (non-hydrogen) atoms. The predicted molar refractivity (Wildman–Crippen MR) is 76.7 cm³/mol. The third-order valence-electron chi connectivity index (χ3n) is 4.06. The Labute approximate surface area is 123 Å². The zero-order chi connectivity index (χ0) is 14.7. The zero-order valence-corrected chi connectivity index (χ0v) is 11.7. The summed E-state index contributed by atoms with van der Waals surface area (Å²) in [5, 5.41) is 9.12. The minimum Gasteiger partial charge on any atom is -0.481 e. The summed E-state index contributed by atoms with van der Waals surface area (Å²) in [7, 11) is 0. The molecule has 3 heterocycles. The standard InChI is InChI=1S/C16H18N2O3/c19-16(20)12-5-8-18(9-6-12)15(14-4-2-10-21-14)13-3-1-7-17-11-13/h1-4,7,10-12,15H,5-6,8-9H2,(H,19,20). The Bertz CT molecular complexity index is 575. The van der Waals surface area contributed by atoms with Gasteiger partial charge in [-0.05, 0) is 49.7 Å². The van der Waals surface area contributed by atoms with Crippen molar-refractivity contribution in [1.82, 2.24) is 9.88 Å². The lowest BCUT2D eigenvalue weighted by molar-refractivity contribution is -0.143. The molecule has 0 aromatic carbocycles. The average Bonchev–Trinajstić information content (AvgIpc) is 3.03. The molecule has 1 unspecified atom stereocenters. The second kappa shape index (κ2) is 6.10. The smallest absolute Gasteiger partial charge is 0.306 e. The second-order valence-electron chi connectivity index (χ2n) is 5.35. The number of furan rings is 1. The van der Waals surface area contributed by atoms with Crippen molar-refractivity contribution in [3.63, 3.8) is 0 Å². The number of pyridine rings is 1. The fraction of sp³-hybridized carbons (Fsp3) is 0.375. The highest BCUT2D eigenvalue weighted by Crippen LogP contribution is 2.32. The van der Waals surface area contributed by atoms with E-state index in [1.165, 1.54) is 0 Å². The van der Waals surface area contributed by atoms with Crippen molar-refractivity contribution in [3.05, 3.63) is 54.2 Å². The highest BCUT2D eigenvalue weighted by atomic mass is 16.4. The summed E-state index contributed by atoms with van der Waals surface area (Å²) in [6, 6.07) is 7.78. The van der Waals surface area contributed by atoms with E-state index < -0.39 is 5.97 Å². The Morgan fingerprint density at radius 1 is 1.33 bits per heavy atom. The highest BCUT2D eigenvalue weighted by Gasteiger charge is 2.31. The molecule has 0 saturated carbocycles. The van der Waals surface area contributed by atoms with Crippen LogP contribution in [0.15, 0.2) is 47.3 Å². The number of aliphatic carboxylic acids is 1. The minimum atomic E-state index is -0.689. The molecule has 2 aromatic heterocycles. The van der Waals surface area contributed by atoms with Crippen LogP contribution in [0.4, 0.5) is 0 Å². The number of nitrogens with zero attached hydrogens (tertiary/aromatic N) is 2. The lowest BCUT2D eigenvalue weighted by Gasteiger charge is -2.35. The Balaban J connectivity index is 1.83. The van der Waals surface area contributed by atoms with E-state index in [2.05, 4.69) is 9.88 Å². The molecule has 3 rings (SSSR count). The molecule has 1 atom stereocenters. The van der Waals surface area contributed by atoms with E-state index >= 15 is 0 Å². The number of carboxylic acid groups (broad SMARTS) is 1. The number of piperidine rings is 1. The molecule has 1 N–H and O–H groups in total. The zero-order valence-electron chi connectivity index (χ0n) is 11.7. The number of carboxylic acids is 1. The monoisotopic (exact) mass is 286 g/mol. The van der Waals surface area contributed by atoms with Gasteiger partial charge >= 0.3 is 5.97 Å². The lowest BCUT2D eigenvalue weighted by Crippen LogP contribution is -2.39. The fourth-order valence-electron chi connectivity index (χ4n) is 2.94. The Morgan fingerprint density at radius 3 is 2.71 bits per heavy atom. The van der Waals surface area contributed by atoms with Crippen LogP contribution in [0.1, 0.15) is 30.2 Å². The summed E-state index contributed by atoms with van der Waals surface area (Å²) in [5.74, 6) is -0.0465. The van der Waals surface area contributed by atoms with Crippen LogP contribution in [0.3, 0.4) is 0 Å². The van der Waals surface area contributed by atoms with E-state index in [1.54, 1.807) is 12.5 Å². The maximum atomic E-state index is 11.1. The molecule has 5 nitrogen and oxygen atoms in total. The Hall–Kier alpha value is -2.14. The third kappa shape index (κ3) is 2.97. The molecule has 1 saturated heterocycles. The summed E-state index contributed by atoms with van der Waals surface area (Å²) in [6.07, 6.45) is 6.61. The molecule has 1 aliphatic rings. The van der Waals surface area contributed by atoms with Crippen LogP contribution in [0.5, 0.6) is 0 Å². The summed E-state index contributed by atoms with van der Waals surface area (Å²) in [4.78, 5) is 17.5. The molecular formula is C16H18N2O3. The molecule has 1 aliphatic heterocycles. The maximum Gasteiger partial charge on any atom is 0.306 e. The highest BCUT2D eigenvalue weighted by molar-refractivity contribution is 5.70. The molecule has 1 fully saturated rings. The molecule has 0 radical (unpaired) electrons. The van der Waals surface area contributed by atoms with Gasteiger partial charge in [-0.3, -0.25) is 14.7 Å². The molecule has 5 heteroatoms. The van der Waals surface area contributed by atoms with E-state index in [0.29, 0.717) is 12.8 Å². The first-order valence-corrected chi connectivity index (χ1v) is 7.16. The van der Waals surface area contributed by atoms with Gasteiger partial charge in [-0.1, -0.05) is 6.07 Å². The molecule has 0 aliphatic carbocycles. The third-order valence-corrected chi connectivity index (χ3v) is 4.06. The number of aromatic nitrogens is 1. The van der Waals surface area contributed by atoms with E-state index in [-0.39, 0.29) is 12.0 Å². The van der Waals surface area contributed by atoms with Gasteiger partial charge in [0.2, 0.25) is 0 Å². The number of carbonyl (C=O) groups is 1. The average molecular weight is 286 g/mol. The topological polar surface area (TPSA) is 66.6 Å². The molecule has 0 spiro atoms. The van der Waals surface area contributed by atoms with Crippen molar-refractivity contribution >= 4 is 5.97 Å². The van der Waals surface area contributed by atoms with Gasteiger partial charge < -0.3 is 9.52 Å². The van der Waals surface area contributed by atoms with Crippen LogP contribution in [0, 0.1) is 5.92 Å². The van der Waals surface area contributed by atoms with Gasteiger partial charge in [0.05, 0.1) is 18.2 Å². The Morgan fingerprint density at radius 2 is 2.14 bits per heavy atom. The van der Waals surface area contributed by atoms with E-state index in [9.17, 15) is 4.79 Å². The van der Waals surface area contributed by atoms with Crippen LogP contribution in [0.25, 0.3) is 0 Å². The first kappa shape index (κ1) is 13.8. The maximum absolute atomic E-state index is 11.1.